The Labute approximate surface area is 594 Å². The lowest BCUT2D eigenvalue weighted by Gasteiger charge is -2.39. The number of aromatic nitrogens is 3. The van der Waals surface area contributed by atoms with E-state index in [9.17, 15) is 42.8 Å². The number of pyridine rings is 1. The maximum atomic E-state index is 14.2. The van der Waals surface area contributed by atoms with Crippen molar-refractivity contribution in [3.8, 4) is 21.9 Å². The van der Waals surface area contributed by atoms with Gasteiger partial charge in [0, 0.05) is 99.6 Å². The standard InChI is InChI=1S/C75H93ClN12O10S2/c1-49-68(99-48-81-49)53-15-13-50(14-16-53)44-80-72(92)65-40-58(89)47-87(65)73(93)69(74(2,3)4)82-67(90)12-10-8-7-9-11-31-84-32-27-51(28-33-84)43-78-63-24-22-60(41-64(63)88(94)95)100(96,97)83-71(91)61-23-21-57(39-66(61)98-59-38-54-26-30-77-70(54)79-45-59)86-36-34-85(35-37-86)46-55-25-29-75(5,6)42-62(55)52-17-19-56(76)20-18-52/h13-24,26,30,38-39,41,45,48,51,58,65,69,78,89H,7-12,25,27-29,31-37,40,42-44,46-47H2,1-6H3,(H,77,79)(H,80,92)(H,82,90)(H,83,91)/t58-,65+,69-/m1/s1. The Balaban J connectivity index is 0.616. The topological polar surface area (TPSA) is 278 Å². The number of hydrogen-bond acceptors (Lipinski definition) is 17. The van der Waals surface area contributed by atoms with Crippen molar-refractivity contribution in [1.29, 1.82) is 0 Å². The van der Waals surface area contributed by atoms with Crippen LogP contribution in [0.5, 0.6) is 11.5 Å². The number of likely N-dealkylation sites (tertiary alicyclic amines) is 2. The molecule has 532 valence electrons. The van der Waals surface area contributed by atoms with E-state index in [2.05, 4.69) is 76.3 Å². The molecule has 0 unspecified atom stereocenters. The molecule has 0 spiro atoms. The number of aromatic amines is 1. The van der Waals surface area contributed by atoms with Gasteiger partial charge >= 0.3 is 0 Å². The number of ether oxygens (including phenoxy) is 1. The molecule has 22 nitrogen and oxygen atoms in total. The van der Waals surface area contributed by atoms with Crippen molar-refractivity contribution in [1.82, 2.24) is 45.0 Å². The molecule has 4 amide bonds. The van der Waals surface area contributed by atoms with Gasteiger partial charge in [-0.3, -0.25) is 34.2 Å². The third-order valence-corrected chi connectivity index (χ3v) is 22.5. The first kappa shape index (κ1) is 73.0. The van der Waals surface area contributed by atoms with Crippen LogP contribution in [0, 0.1) is 33.8 Å². The third kappa shape index (κ3) is 18.6. The minimum Gasteiger partial charge on any atom is -0.455 e. The van der Waals surface area contributed by atoms with Crippen LogP contribution in [0.2, 0.25) is 5.02 Å². The molecule has 25 heteroatoms. The molecule has 6 heterocycles. The smallest absolute Gasteiger partial charge is 0.293 e. The highest BCUT2D eigenvalue weighted by Gasteiger charge is 2.45. The molecule has 3 fully saturated rings. The number of rotatable bonds is 27. The van der Waals surface area contributed by atoms with Gasteiger partial charge in [0.1, 0.15) is 34.9 Å². The van der Waals surface area contributed by atoms with Gasteiger partial charge in [0.2, 0.25) is 17.7 Å². The number of hydrogen-bond donors (Lipinski definition) is 6. The minimum atomic E-state index is -4.64. The Bertz CT molecular complexity index is 4210. The summed E-state index contributed by atoms with van der Waals surface area (Å²) in [6.45, 7) is 19.5. The van der Waals surface area contributed by atoms with Crippen LogP contribution in [0.1, 0.15) is 139 Å². The van der Waals surface area contributed by atoms with Crippen LogP contribution in [0.3, 0.4) is 0 Å². The second-order valence-electron chi connectivity index (χ2n) is 29.1. The number of benzene rings is 4. The Morgan fingerprint density at radius 2 is 1.61 bits per heavy atom. The Morgan fingerprint density at radius 3 is 2.33 bits per heavy atom. The second-order valence-corrected chi connectivity index (χ2v) is 32.0. The molecule has 0 bridgehead atoms. The summed E-state index contributed by atoms with van der Waals surface area (Å²) in [5.74, 6) is -1.29. The van der Waals surface area contributed by atoms with Gasteiger partial charge in [-0.05, 0) is 159 Å². The Hall–Kier alpha value is -8.26. The lowest BCUT2D eigenvalue weighted by atomic mass is 9.72. The number of nitrogens with one attached hydrogen (secondary N) is 5. The number of sulfonamides is 1. The van der Waals surface area contributed by atoms with Gasteiger partial charge in [-0.1, -0.05) is 107 Å². The van der Waals surface area contributed by atoms with Crippen molar-refractivity contribution in [3.05, 3.63) is 158 Å². The normalized spacial score (nSPS) is 18.2. The van der Waals surface area contributed by atoms with Gasteiger partial charge in [-0.15, -0.1) is 11.3 Å². The number of aryl methyl sites for hydroxylation is 1. The summed E-state index contributed by atoms with van der Waals surface area (Å²) in [6, 6.07) is 26.6. The SMILES string of the molecule is Cc1ncsc1-c1ccc(CNC(=O)[C@@H]2C[C@@H](O)CN2C(=O)[C@@H](NC(=O)CCCCCCCN2CCC(CNc3ccc(S(=O)(=O)NC(=O)c4ccc(N5CCN(CC6=C(c7ccc(Cl)cc7)CC(C)(C)CC6)CC5)cc4Oc4cnc5[nH]ccc5c4)cc3[N+](=O)[O-])CC2)C(C)(C)C)cc1. The molecular formula is C75H93ClN12O10S2. The van der Waals surface area contributed by atoms with Crippen LogP contribution >= 0.6 is 22.9 Å². The van der Waals surface area contributed by atoms with Gasteiger partial charge in [0.25, 0.3) is 21.6 Å². The second kappa shape index (κ2) is 32.2. The van der Waals surface area contributed by atoms with Gasteiger partial charge in [-0.2, -0.15) is 0 Å². The van der Waals surface area contributed by atoms with E-state index in [-0.39, 0.29) is 66.1 Å². The highest BCUT2D eigenvalue weighted by molar-refractivity contribution is 7.90. The summed E-state index contributed by atoms with van der Waals surface area (Å²) in [5, 5.41) is 33.9. The molecular weight excluding hydrogens is 1330 g/mol. The van der Waals surface area contributed by atoms with Crippen LogP contribution in [0.15, 0.2) is 125 Å². The van der Waals surface area contributed by atoms with Crippen LogP contribution in [-0.4, -0.2) is 155 Å². The summed E-state index contributed by atoms with van der Waals surface area (Å²) in [5.41, 5.74) is 9.43. The molecule has 6 N–H and O–H groups in total. The van der Waals surface area contributed by atoms with Gasteiger partial charge in [0.05, 0.1) is 43.8 Å². The number of allylic oxidation sites excluding steroid dienone is 1. The lowest BCUT2D eigenvalue weighted by Crippen LogP contribution is -2.57. The Morgan fingerprint density at radius 1 is 0.880 bits per heavy atom. The molecule has 11 rings (SSSR count). The number of anilines is 2. The number of nitro groups is 1. The number of nitrogens with zero attached hydrogens (tertiary/aromatic N) is 7. The van der Waals surface area contributed by atoms with Gasteiger partial charge < -0.3 is 45.5 Å². The number of aliphatic hydroxyl groups excluding tert-OH is 1. The minimum absolute atomic E-state index is 0.000599. The Kier molecular flexibility index (Phi) is 23.5. The molecule has 3 aliphatic heterocycles. The van der Waals surface area contributed by atoms with E-state index in [1.54, 1.807) is 41.8 Å². The number of piperazine rings is 1. The zero-order chi connectivity index (χ0) is 70.9. The molecule has 3 aromatic heterocycles. The van der Waals surface area contributed by atoms with E-state index in [1.165, 1.54) is 39.9 Å². The van der Waals surface area contributed by atoms with Crippen LogP contribution in [0.25, 0.3) is 27.0 Å². The third-order valence-electron chi connectivity index (χ3n) is 19.9. The fourth-order valence-electron chi connectivity index (χ4n) is 14.0. The summed E-state index contributed by atoms with van der Waals surface area (Å²) in [6.07, 6.45) is 12.1. The summed E-state index contributed by atoms with van der Waals surface area (Å²) in [7, 11) is -4.64. The van der Waals surface area contributed by atoms with E-state index in [0.717, 1.165) is 136 Å². The lowest BCUT2D eigenvalue weighted by molar-refractivity contribution is -0.384. The van der Waals surface area contributed by atoms with Crippen molar-refractivity contribution in [2.24, 2.45) is 16.7 Å². The average Bonchev–Trinajstić information content (AvgIpc) is 1.50. The van der Waals surface area contributed by atoms with Crippen LogP contribution in [0.4, 0.5) is 17.1 Å². The number of carbonyl (C=O) groups excluding carboxylic acids is 4. The van der Waals surface area contributed by atoms with Crippen LogP contribution < -0.4 is 30.3 Å². The molecule has 100 heavy (non-hydrogen) atoms. The fourth-order valence-corrected chi connectivity index (χ4v) is 16.0. The number of β-amino-alcohol motifs (C(OH)–C–C–N with tert-alkyl or cyclic N) is 1. The number of amides is 4. The van der Waals surface area contributed by atoms with E-state index in [4.69, 9.17) is 16.3 Å². The summed E-state index contributed by atoms with van der Waals surface area (Å²) >= 11 is 7.86. The monoisotopic (exact) mass is 1420 g/mol. The van der Waals surface area contributed by atoms with E-state index >= 15 is 0 Å². The molecule has 7 aromatic rings. The van der Waals surface area contributed by atoms with Crippen LogP contribution in [-0.2, 0) is 31.0 Å². The predicted molar refractivity (Wildman–Crippen MR) is 392 cm³/mol. The number of H-pyrrole nitrogens is 1. The zero-order valence-corrected chi connectivity index (χ0v) is 60.4. The first-order chi connectivity index (χ1) is 47.8. The fraction of sp³-hybridized carbons (Fsp3) is 0.467. The van der Waals surface area contributed by atoms with Crippen molar-refractivity contribution in [2.45, 2.75) is 148 Å². The number of carbonyl (C=O) groups is 4. The number of thiazole rings is 1. The highest BCUT2D eigenvalue weighted by Crippen LogP contribution is 2.44. The summed E-state index contributed by atoms with van der Waals surface area (Å²) < 4.78 is 36.6. The number of unbranched alkanes of at least 4 members (excludes halogenated alkanes) is 4. The first-order valence-corrected chi connectivity index (χ1v) is 37.6. The number of fused-ring (bicyclic) bond motifs is 1. The number of aliphatic hydroxyl groups is 1. The molecule has 3 atom stereocenters. The zero-order valence-electron chi connectivity index (χ0n) is 58.0. The first-order valence-electron chi connectivity index (χ1n) is 34.9. The van der Waals surface area contributed by atoms with Crippen molar-refractivity contribution < 1.29 is 42.4 Å². The number of nitro benzene ring substituents is 1. The molecule has 4 aliphatic rings. The molecule has 4 aromatic carbocycles. The van der Waals surface area contributed by atoms with Gasteiger partial charge in [0.15, 0.2) is 0 Å². The summed E-state index contributed by atoms with van der Waals surface area (Å²) in [4.78, 5) is 88.3. The van der Waals surface area contributed by atoms with E-state index < -0.39 is 60.9 Å². The van der Waals surface area contributed by atoms with E-state index in [0.29, 0.717) is 42.5 Å². The number of halogens is 1. The molecule has 1 aliphatic carbocycles. The van der Waals surface area contributed by atoms with Crippen molar-refractivity contribution in [2.75, 3.05) is 75.7 Å². The quantitative estimate of drug-likeness (QED) is 0.0159. The molecule has 0 radical (unpaired) electrons. The van der Waals surface area contributed by atoms with Gasteiger partial charge in [-0.25, -0.2) is 23.1 Å². The average molecular weight is 1420 g/mol. The predicted octanol–water partition coefficient (Wildman–Crippen LogP) is 12.5. The number of piperidine rings is 1. The maximum absolute atomic E-state index is 14.2. The van der Waals surface area contributed by atoms with Crippen molar-refractivity contribution in [3.63, 3.8) is 0 Å². The molecule has 3 saturated heterocycles. The largest absolute Gasteiger partial charge is 0.455 e. The van der Waals surface area contributed by atoms with E-state index in [1.807, 2.05) is 75.7 Å². The maximum Gasteiger partial charge on any atom is 0.293 e. The molecule has 0 saturated carbocycles. The van der Waals surface area contributed by atoms with Crippen molar-refractivity contribution >= 4 is 90.3 Å². The highest BCUT2D eigenvalue weighted by atomic mass is 35.5.